The standard InChI is InChI=1S/C30H35N3O5S/c34-27(19-32-15-6-7-16-32)39-26(17-20-9-2-1-3-10-20)28(35)31-23-18-21-11-4-5-12-22(21)24-13-8-14-25(30(37)38)33(24)29(23)36/h1-5,9-12,23-26H,6-8,13-19H2,(H,31,35)(H,37,38)/t23-,24-,25-,26-/m0/s1. The summed E-state index contributed by atoms with van der Waals surface area (Å²) in [6.07, 6.45) is 4.57. The van der Waals surface area contributed by atoms with E-state index in [0.717, 1.165) is 54.4 Å². The van der Waals surface area contributed by atoms with Crippen LogP contribution in [0.15, 0.2) is 54.6 Å². The third kappa shape index (κ3) is 6.36. The number of hydrogen-bond donors (Lipinski definition) is 2. The third-order valence-electron chi connectivity index (χ3n) is 8.00. The van der Waals surface area contributed by atoms with Crippen molar-refractivity contribution in [2.75, 3.05) is 19.6 Å². The van der Waals surface area contributed by atoms with Crippen molar-refractivity contribution in [1.29, 1.82) is 0 Å². The lowest BCUT2D eigenvalue weighted by Crippen LogP contribution is -2.56. The van der Waals surface area contributed by atoms with Gasteiger partial charge in [0.2, 0.25) is 16.9 Å². The van der Waals surface area contributed by atoms with E-state index in [9.17, 15) is 24.3 Å². The van der Waals surface area contributed by atoms with E-state index < -0.39 is 23.3 Å². The number of carboxylic acids is 1. The number of piperidine rings is 1. The second kappa shape index (κ2) is 12.3. The Balaban J connectivity index is 1.39. The molecule has 2 N–H and O–H groups in total. The number of carbonyl (C=O) groups excluding carboxylic acids is 3. The molecule has 0 bridgehead atoms. The Bertz CT molecular complexity index is 1220. The summed E-state index contributed by atoms with van der Waals surface area (Å²) in [7, 11) is 0. The molecule has 0 spiro atoms. The summed E-state index contributed by atoms with van der Waals surface area (Å²) in [6, 6.07) is 15.1. The maximum atomic E-state index is 13.9. The molecule has 0 unspecified atom stereocenters. The zero-order valence-electron chi connectivity index (χ0n) is 22.0. The Morgan fingerprint density at radius 2 is 1.69 bits per heavy atom. The Labute approximate surface area is 233 Å². The van der Waals surface area contributed by atoms with Gasteiger partial charge in [-0.25, -0.2) is 4.79 Å². The second-order valence-electron chi connectivity index (χ2n) is 10.7. The topological polar surface area (TPSA) is 107 Å². The van der Waals surface area contributed by atoms with E-state index in [-0.39, 0.29) is 29.4 Å². The number of amides is 2. The lowest BCUT2D eigenvalue weighted by molar-refractivity contribution is -0.156. The van der Waals surface area contributed by atoms with Crippen molar-refractivity contribution >= 4 is 34.7 Å². The minimum atomic E-state index is -1.03. The van der Waals surface area contributed by atoms with Crippen LogP contribution in [0.1, 0.15) is 54.8 Å². The van der Waals surface area contributed by atoms with Gasteiger partial charge in [-0.05, 0) is 68.3 Å². The fourth-order valence-electron chi connectivity index (χ4n) is 6.10. The zero-order valence-corrected chi connectivity index (χ0v) is 22.8. The van der Waals surface area contributed by atoms with Crippen molar-refractivity contribution in [2.24, 2.45) is 0 Å². The van der Waals surface area contributed by atoms with Gasteiger partial charge in [0.1, 0.15) is 12.1 Å². The summed E-state index contributed by atoms with van der Waals surface area (Å²) in [5, 5.41) is 12.1. The molecule has 0 radical (unpaired) electrons. The molecule has 206 valence electrons. The quantitative estimate of drug-likeness (QED) is 0.521. The lowest BCUT2D eigenvalue weighted by Gasteiger charge is -2.40. The van der Waals surface area contributed by atoms with Crippen LogP contribution in [0.25, 0.3) is 0 Å². The van der Waals surface area contributed by atoms with Gasteiger partial charge in [-0.15, -0.1) is 0 Å². The van der Waals surface area contributed by atoms with Gasteiger partial charge in [-0.3, -0.25) is 19.3 Å². The van der Waals surface area contributed by atoms with Gasteiger partial charge in [0.05, 0.1) is 17.8 Å². The fraction of sp³-hybridized carbons (Fsp3) is 0.467. The predicted octanol–water partition coefficient (Wildman–Crippen LogP) is 3.20. The Morgan fingerprint density at radius 1 is 0.974 bits per heavy atom. The molecule has 39 heavy (non-hydrogen) atoms. The van der Waals surface area contributed by atoms with Crippen LogP contribution >= 0.6 is 11.8 Å². The van der Waals surface area contributed by atoms with Crippen LogP contribution in [0.2, 0.25) is 0 Å². The predicted molar refractivity (Wildman–Crippen MR) is 149 cm³/mol. The Kier molecular flexibility index (Phi) is 8.67. The van der Waals surface area contributed by atoms with E-state index in [1.165, 1.54) is 4.90 Å². The van der Waals surface area contributed by atoms with Crippen molar-refractivity contribution in [1.82, 2.24) is 15.1 Å². The average Bonchev–Trinajstić information content (AvgIpc) is 3.41. The zero-order chi connectivity index (χ0) is 27.4. The summed E-state index contributed by atoms with van der Waals surface area (Å²) in [5.74, 6) is -1.78. The van der Waals surface area contributed by atoms with Gasteiger partial charge in [0.15, 0.2) is 0 Å². The minimum Gasteiger partial charge on any atom is -0.480 e. The highest BCUT2D eigenvalue weighted by atomic mass is 32.2. The van der Waals surface area contributed by atoms with Gasteiger partial charge < -0.3 is 15.3 Å². The highest BCUT2D eigenvalue weighted by molar-refractivity contribution is 8.14. The number of carboxylic acid groups (broad SMARTS) is 1. The van der Waals surface area contributed by atoms with Crippen LogP contribution in [-0.4, -0.2) is 74.8 Å². The first-order chi connectivity index (χ1) is 18.9. The van der Waals surface area contributed by atoms with Crippen molar-refractivity contribution in [3.8, 4) is 0 Å². The number of fused-ring (bicyclic) bond motifs is 3. The monoisotopic (exact) mass is 549 g/mol. The van der Waals surface area contributed by atoms with Crippen LogP contribution in [0.5, 0.6) is 0 Å². The number of rotatable bonds is 8. The molecule has 0 aromatic heterocycles. The molecule has 3 aliphatic rings. The molecule has 5 rings (SSSR count). The van der Waals surface area contributed by atoms with Gasteiger partial charge in [0.25, 0.3) is 0 Å². The first kappa shape index (κ1) is 27.4. The highest BCUT2D eigenvalue weighted by Crippen LogP contribution is 2.39. The summed E-state index contributed by atoms with van der Waals surface area (Å²) < 4.78 is 0. The maximum absolute atomic E-state index is 13.9. The van der Waals surface area contributed by atoms with Crippen LogP contribution in [0.4, 0.5) is 0 Å². The van der Waals surface area contributed by atoms with Crippen LogP contribution in [-0.2, 0) is 32.0 Å². The molecule has 8 nitrogen and oxygen atoms in total. The number of nitrogens with zero attached hydrogens (tertiary/aromatic N) is 2. The molecule has 9 heteroatoms. The molecule has 2 amide bonds. The molecule has 2 aromatic carbocycles. The number of benzene rings is 2. The summed E-state index contributed by atoms with van der Waals surface area (Å²) in [6.45, 7) is 2.08. The number of carbonyl (C=O) groups is 4. The molecule has 2 saturated heterocycles. The fourth-order valence-corrected chi connectivity index (χ4v) is 7.13. The molecule has 2 aromatic rings. The van der Waals surface area contributed by atoms with Gasteiger partial charge >= 0.3 is 5.97 Å². The highest BCUT2D eigenvalue weighted by Gasteiger charge is 2.45. The van der Waals surface area contributed by atoms with Gasteiger partial charge in [0, 0.05) is 6.42 Å². The lowest BCUT2D eigenvalue weighted by atomic mass is 9.89. The molecular formula is C30H35N3O5S. The third-order valence-corrected chi connectivity index (χ3v) is 9.06. The molecule has 4 atom stereocenters. The number of nitrogens with one attached hydrogen (secondary N) is 1. The number of likely N-dealkylation sites (tertiary alicyclic amines) is 1. The van der Waals surface area contributed by atoms with Gasteiger partial charge in [-0.1, -0.05) is 66.4 Å². The number of thioether (sulfide) groups is 1. The maximum Gasteiger partial charge on any atom is 0.326 e. The molecular weight excluding hydrogens is 514 g/mol. The second-order valence-corrected chi connectivity index (χ2v) is 11.9. The average molecular weight is 550 g/mol. The van der Waals surface area contributed by atoms with Crippen molar-refractivity contribution in [3.05, 3.63) is 71.3 Å². The van der Waals surface area contributed by atoms with E-state index in [4.69, 9.17) is 0 Å². The van der Waals surface area contributed by atoms with E-state index >= 15 is 0 Å². The molecule has 0 saturated carbocycles. The van der Waals surface area contributed by atoms with Crippen LogP contribution < -0.4 is 5.32 Å². The van der Waals surface area contributed by atoms with Gasteiger partial charge in [-0.2, -0.15) is 0 Å². The largest absolute Gasteiger partial charge is 0.480 e. The van der Waals surface area contributed by atoms with Crippen molar-refractivity contribution in [3.63, 3.8) is 0 Å². The number of hydrogen-bond acceptors (Lipinski definition) is 6. The Morgan fingerprint density at radius 3 is 2.44 bits per heavy atom. The van der Waals surface area contributed by atoms with Crippen LogP contribution in [0.3, 0.4) is 0 Å². The first-order valence-corrected chi connectivity index (χ1v) is 14.7. The van der Waals surface area contributed by atoms with E-state index in [2.05, 4.69) is 10.2 Å². The van der Waals surface area contributed by atoms with E-state index in [1.54, 1.807) is 0 Å². The van der Waals surface area contributed by atoms with E-state index in [0.29, 0.717) is 32.2 Å². The molecule has 0 aliphatic carbocycles. The summed E-state index contributed by atoms with van der Waals surface area (Å²) in [4.78, 5) is 56.4. The summed E-state index contributed by atoms with van der Waals surface area (Å²) >= 11 is 1.03. The molecule has 2 fully saturated rings. The molecule has 3 heterocycles. The summed E-state index contributed by atoms with van der Waals surface area (Å²) in [5.41, 5.74) is 2.82. The molecule has 3 aliphatic heterocycles. The SMILES string of the molecule is O=C(CN1CCCC1)S[C@@H](Cc1ccccc1)C(=O)N[C@H]1Cc2ccccc2[C@@H]2CCC[C@@H](C(=O)O)N2C1=O. The smallest absolute Gasteiger partial charge is 0.326 e. The minimum absolute atomic E-state index is 0.0624. The van der Waals surface area contributed by atoms with Crippen LogP contribution in [0, 0.1) is 0 Å². The first-order valence-electron chi connectivity index (χ1n) is 13.8. The van der Waals surface area contributed by atoms with E-state index in [1.807, 2.05) is 54.6 Å². The Hall–Kier alpha value is -3.17. The number of aliphatic carboxylic acids is 1. The normalized spacial score (nSPS) is 23.8. The van der Waals surface area contributed by atoms with Crippen molar-refractivity contribution in [2.45, 2.75) is 68.3 Å². The van der Waals surface area contributed by atoms with Crippen molar-refractivity contribution < 1.29 is 24.3 Å².